The van der Waals surface area contributed by atoms with E-state index in [1.807, 2.05) is 27.7 Å². The zero-order chi connectivity index (χ0) is 17.6. The summed E-state index contributed by atoms with van der Waals surface area (Å²) in [4.78, 5) is 0. The van der Waals surface area contributed by atoms with Crippen LogP contribution in [-0.4, -0.2) is 6.61 Å². The molecule has 1 heteroatoms. The molecule has 1 rings (SSSR count). The topological polar surface area (TPSA) is 9.23 Å². The lowest BCUT2D eigenvalue weighted by atomic mass is 9.85. The van der Waals surface area contributed by atoms with Crippen molar-refractivity contribution in [3.63, 3.8) is 0 Å². The zero-order valence-corrected chi connectivity index (χ0v) is 16.7. The Hall–Kier alpha value is -0.980. The largest absolute Gasteiger partial charge is 0.493 e. The normalized spacial score (nSPS) is 10.0. The van der Waals surface area contributed by atoms with Gasteiger partial charge in [-0.3, -0.25) is 0 Å². The summed E-state index contributed by atoms with van der Waals surface area (Å²) < 4.78 is 5.97. The molecule has 1 aromatic rings. The van der Waals surface area contributed by atoms with Gasteiger partial charge in [-0.2, -0.15) is 0 Å². The summed E-state index contributed by atoms with van der Waals surface area (Å²) in [6, 6.07) is 6.51. The van der Waals surface area contributed by atoms with Crippen molar-refractivity contribution >= 4 is 0 Å². The first-order chi connectivity index (χ1) is 10.4. The van der Waals surface area contributed by atoms with E-state index >= 15 is 0 Å². The van der Waals surface area contributed by atoms with Crippen molar-refractivity contribution in [2.45, 2.75) is 93.4 Å². The Balaban J connectivity index is 0. The molecule has 0 fully saturated rings. The fourth-order valence-corrected chi connectivity index (χ4v) is 2.07. The van der Waals surface area contributed by atoms with Gasteiger partial charge in [-0.25, -0.2) is 0 Å². The van der Waals surface area contributed by atoms with E-state index in [0.29, 0.717) is 0 Å². The molecule has 0 bridgehead atoms. The van der Waals surface area contributed by atoms with Crippen molar-refractivity contribution in [1.82, 2.24) is 0 Å². The number of benzene rings is 1. The molecule has 0 saturated carbocycles. The Kier molecular flexibility index (Phi) is 14.5. The summed E-state index contributed by atoms with van der Waals surface area (Å²) in [6.07, 6.45) is 5.01. The Morgan fingerprint density at radius 2 is 1.50 bits per heavy atom. The van der Waals surface area contributed by atoms with Crippen molar-refractivity contribution in [1.29, 1.82) is 0 Å². The smallest absolute Gasteiger partial charge is 0.123 e. The second kappa shape index (κ2) is 13.7. The molecule has 1 aromatic carbocycles. The Morgan fingerprint density at radius 1 is 0.909 bits per heavy atom. The van der Waals surface area contributed by atoms with Gasteiger partial charge in [0.05, 0.1) is 6.61 Å². The molecule has 1 nitrogen and oxygen atoms in total. The van der Waals surface area contributed by atoms with E-state index in [-0.39, 0.29) is 5.41 Å². The van der Waals surface area contributed by atoms with Crippen LogP contribution < -0.4 is 4.74 Å². The van der Waals surface area contributed by atoms with Gasteiger partial charge in [0.2, 0.25) is 0 Å². The van der Waals surface area contributed by atoms with E-state index in [1.54, 1.807) is 0 Å². The lowest BCUT2D eigenvalue weighted by molar-refractivity contribution is 0.297. The highest BCUT2D eigenvalue weighted by Crippen LogP contribution is 2.32. The van der Waals surface area contributed by atoms with Gasteiger partial charge < -0.3 is 4.74 Å². The van der Waals surface area contributed by atoms with Crippen molar-refractivity contribution in [2.75, 3.05) is 6.61 Å². The predicted molar refractivity (Wildman–Crippen MR) is 102 cm³/mol. The van der Waals surface area contributed by atoms with Crippen LogP contribution in [0.1, 0.15) is 92.2 Å². The highest BCUT2D eigenvalue weighted by atomic mass is 16.5. The van der Waals surface area contributed by atoms with Gasteiger partial charge in [0.25, 0.3) is 0 Å². The summed E-state index contributed by atoms with van der Waals surface area (Å²) in [5, 5.41) is 0. The highest BCUT2D eigenvalue weighted by molar-refractivity contribution is 5.41. The van der Waals surface area contributed by atoms with Crippen molar-refractivity contribution in [3.8, 4) is 5.75 Å². The van der Waals surface area contributed by atoms with Crippen LogP contribution in [0.3, 0.4) is 0 Å². The van der Waals surface area contributed by atoms with Gasteiger partial charge in [0, 0.05) is 0 Å². The van der Waals surface area contributed by atoms with Crippen LogP contribution in [-0.2, 0) is 5.41 Å². The van der Waals surface area contributed by atoms with E-state index in [2.05, 4.69) is 52.8 Å². The minimum Gasteiger partial charge on any atom is -0.493 e. The molecule has 0 amide bonds. The number of rotatable bonds is 6. The molecule has 0 saturated heterocycles. The lowest BCUT2D eigenvalue weighted by Gasteiger charge is -2.23. The number of unbranched alkanes of at least 4 members (excludes halogenated alkanes) is 3. The Morgan fingerprint density at radius 3 is 2.00 bits per heavy atom. The summed E-state index contributed by atoms with van der Waals surface area (Å²) in [6.45, 7) is 19.9. The first-order valence-corrected chi connectivity index (χ1v) is 9.19. The molecule has 0 unspecified atom stereocenters. The van der Waals surface area contributed by atoms with Crippen LogP contribution in [0, 0.1) is 6.92 Å². The van der Waals surface area contributed by atoms with Gasteiger partial charge in [0.15, 0.2) is 0 Å². The molecule has 0 N–H and O–H groups in total. The number of hydrogen-bond acceptors (Lipinski definition) is 1. The van der Waals surface area contributed by atoms with Gasteiger partial charge in [-0.1, -0.05) is 92.3 Å². The maximum Gasteiger partial charge on any atom is 0.123 e. The molecule has 0 aliphatic carbocycles. The Bertz CT molecular complexity index is 361. The van der Waals surface area contributed by atoms with Crippen LogP contribution >= 0.6 is 0 Å². The molecule has 22 heavy (non-hydrogen) atoms. The van der Waals surface area contributed by atoms with Gasteiger partial charge in [-0.05, 0) is 30.4 Å². The SMILES string of the molecule is CC.CC.CCCCCCOc1ccc(C)cc1C(C)(C)C. The summed E-state index contributed by atoms with van der Waals surface area (Å²) >= 11 is 0. The average molecular weight is 309 g/mol. The summed E-state index contributed by atoms with van der Waals surface area (Å²) in [5.74, 6) is 1.06. The molecule has 0 aromatic heterocycles. The minimum absolute atomic E-state index is 0.144. The van der Waals surface area contributed by atoms with E-state index in [0.717, 1.165) is 18.8 Å². The fraction of sp³-hybridized carbons (Fsp3) is 0.714. The van der Waals surface area contributed by atoms with E-state index in [1.165, 1.54) is 30.4 Å². The van der Waals surface area contributed by atoms with Gasteiger partial charge >= 0.3 is 0 Å². The second-order valence-corrected chi connectivity index (χ2v) is 6.16. The fourth-order valence-electron chi connectivity index (χ4n) is 2.07. The van der Waals surface area contributed by atoms with Crippen LogP contribution in [0.5, 0.6) is 5.75 Å². The van der Waals surface area contributed by atoms with Crippen molar-refractivity contribution in [2.24, 2.45) is 0 Å². The molecule has 130 valence electrons. The number of ether oxygens (including phenoxy) is 1. The molecular formula is C21H40O. The quantitative estimate of drug-likeness (QED) is 0.501. The lowest BCUT2D eigenvalue weighted by Crippen LogP contribution is -2.14. The standard InChI is InChI=1S/C17H28O.2C2H6/c1-6-7-8-9-12-18-16-11-10-14(2)13-15(16)17(3,4)5;2*1-2/h10-11,13H,6-9,12H2,1-5H3;2*1-2H3. The van der Waals surface area contributed by atoms with E-state index in [9.17, 15) is 0 Å². The maximum absolute atomic E-state index is 5.97. The van der Waals surface area contributed by atoms with E-state index < -0.39 is 0 Å². The molecule has 0 radical (unpaired) electrons. The van der Waals surface area contributed by atoms with Crippen LogP contribution in [0.2, 0.25) is 0 Å². The third-order valence-electron chi connectivity index (χ3n) is 3.20. The van der Waals surface area contributed by atoms with Gasteiger partial charge in [0.1, 0.15) is 5.75 Å². The molecule has 0 spiro atoms. The van der Waals surface area contributed by atoms with Crippen LogP contribution in [0.15, 0.2) is 18.2 Å². The first-order valence-electron chi connectivity index (χ1n) is 9.19. The minimum atomic E-state index is 0.144. The molecule has 0 aliphatic rings. The number of hydrogen-bond donors (Lipinski definition) is 0. The van der Waals surface area contributed by atoms with Gasteiger partial charge in [-0.15, -0.1) is 0 Å². The molecule has 0 aliphatic heterocycles. The summed E-state index contributed by atoms with van der Waals surface area (Å²) in [5.41, 5.74) is 2.77. The number of aryl methyl sites for hydroxylation is 1. The first kappa shape index (κ1) is 23.3. The summed E-state index contributed by atoms with van der Waals surface area (Å²) in [7, 11) is 0. The molecular weight excluding hydrogens is 268 g/mol. The van der Waals surface area contributed by atoms with Crippen LogP contribution in [0.25, 0.3) is 0 Å². The predicted octanol–water partition coefficient (Wildman–Crippen LogP) is 7.30. The van der Waals surface area contributed by atoms with Crippen molar-refractivity contribution in [3.05, 3.63) is 29.3 Å². The van der Waals surface area contributed by atoms with Crippen LogP contribution in [0.4, 0.5) is 0 Å². The monoisotopic (exact) mass is 308 g/mol. The average Bonchev–Trinajstić information content (AvgIpc) is 2.51. The second-order valence-electron chi connectivity index (χ2n) is 6.16. The third kappa shape index (κ3) is 9.87. The highest BCUT2D eigenvalue weighted by Gasteiger charge is 2.18. The maximum atomic E-state index is 5.97. The van der Waals surface area contributed by atoms with E-state index in [4.69, 9.17) is 4.74 Å². The molecule has 0 atom stereocenters. The zero-order valence-electron chi connectivity index (χ0n) is 16.7. The molecule has 0 heterocycles. The Labute approximate surface area is 140 Å². The third-order valence-corrected chi connectivity index (χ3v) is 3.20. The van der Waals surface area contributed by atoms with Crippen molar-refractivity contribution < 1.29 is 4.74 Å².